The molecule has 2 nitrogen and oxygen atoms in total. The van der Waals surface area contributed by atoms with E-state index in [4.69, 9.17) is 4.74 Å². The van der Waals surface area contributed by atoms with Crippen LogP contribution < -0.4 is 10.1 Å². The zero-order valence-electron chi connectivity index (χ0n) is 12.1. The molecular weight excluding hydrogens is 234 g/mol. The Morgan fingerprint density at radius 2 is 1.84 bits per heavy atom. The lowest BCUT2D eigenvalue weighted by Crippen LogP contribution is -2.24. The smallest absolute Gasteiger partial charge is 0.121 e. The van der Waals surface area contributed by atoms with Crippen molar-refractivity contribution in [2.24, 2.45) is 17.8 Å². The average Bonchev–Trinajstić information content (AvgIpc) is 3.28. The predicted octanol–water partition coefficient (Wildman–Crippen LogP) is 4.32. The second-order valence-electron chi connectivity index (χ2n) is 6.58. The highest BCUT2D eigenvalue weighted by molar-refractivity contribution is 5.49. The van der Waals surface area contributed by atoms with Gasteiger partial charge in [-0.05, 0) is 55.6 Å². The van der Waals surface area contributed by atoms with Crippen molar-refractivity contribution in [1.82, 2.24) is 0 Å². The second-order valence-corrected chi connectivity index (χ2v) is 6.58. The second kappa shape index (κ2) is 5.44. The molecule has 0 unspecified atom stereocenters. The van der Waals surface area contributed by atoms with E-state index in [0.717, 1.165) is 24.2 Å². The van der Waals surface area contributed by atoms with Crippen molar-refractivity contribution in [3.05, 3.63) is 24.3 Å². The maximum atomic E-state index is 5.80. The molecule has 2 aliphatic rings. The molecule has 0 spiro atoms. The molecule has 2 saturated carbocycles. The van der Waals surface area contributed by atoms with Gasteiger partial charge in [0.05, 0.1) is 6.61 Å². The maximum Gasteiger partial charge on any atom is 0.121 e. The fourth-order valence-corrected chi connectivity index (χ4v) is 2.66. The molecule has 0 atom stereocenters. The van der Waals surface area contributed by atoms with Gasteiger partial charge in [-0.15, -0.1) is 0 Å². The van der Waals surface area contributed by atoms with Crippen LogP contribution in [0.15, 0.2) is 24.3 Å². The van der Waals surface area contributed by atoms with Gasteiger partial charge in [-0.1, -0.05) is 19.9 Å². The molecule has 1 aromatic rings. The molecule has 0 heterocycles. The Hall–Kier alpha value is -1.18. The summed E-state index contributed by atoms with van der Waals surface area (Å²) in [6.07, 6.45) is 5.66. The first-order chi connectivity index (χ1) is 9.22. The van der Waals surface area contributed by atoms with Gasteiger partial charge < -0.3 is 10.1 Å². The first-order valence-electron chi connectivity index (χ1n) is 7.72. The number of benzene rings is 1. The van der Waals surface area contributed by atoms with Gasteiger partial charge in [0.1, 0.15) is 5.75 Å². The molecule has 2 fully saturated rings. The van der Waals surface area contributed by atoms with E-state index in [0.29, 0.717) is 12.0 Å². The van der Waals surface area contributed by atoms with Crippen molar-refractivity contribution >= 4 is 5.69 Å². The number of hydrogen-bond donors (Lipinski definition) is 1. The van der Waals surface area contributed by atoms with E-state index in [2.05, 4.69) is 43.4 Å². The van der Waals surface area contributed by atoms with Crippen LogP contribution in [-0.2, 0) is 0 Å². The van der Waals surface area contributed by atoms with Gasteiger partial charge in [-0.2, -0.15) is 0 Å². The van der Waals surface area contributed by atoms with E-state index >= 15 is 0 Å². The Bertz CT molecular complexity index is 409. The topological polar surface area (TPSA) is 21.3 Å². The van der Waals surface area contributed by atoms with Gasteiger partial charge in [0.25, 0.3) is 0 Å². The van der Waals surface area contributed by atoms with Crippen LogP contribution in [0.5, 0.6) is 5.75 Å². The zero-order valence-corrected chi connectivity index (χ0v) is 12.1. The summed E-state index contributed by atoms with van der Waals surface area (Å²) < 4.78 is 5.80. The van der Waals surface area contributed by atoms with Gasteiger partial charge in [0, 0.05) is 17.8 Å². The zero-order chi connectivity index (χ0) is 13.2. The summed E-state index contributed by atoms with van der Waals surface area (Å²) in [6.45, 7) is 5.15. The van der Waals surface area contributed by atoms with Crippen LogP contribution in [0.25, 0.3) is 0 Å². The maximum absolute atomic E-state index is 5.80. The summed E-state index contributed by atoms with van der Waals surface area (Å²) in [5, 5.41) is 3.75. The molecule has 0 aromatic heterocycles. The Labute approximate surface area is 116 Å². The fourth-order valence-electron chi connectivity index (χ4n) is 2.66. The normalized spacial score (nSPS) is 18.9. The van der Waals surface area contributed by atoms with E-state index in [-0.39, 0.29) is 0 Å². The molecule has 0 amide bonds. The number of hydrogen-bond acceptors (Lipinski definition) is 2. The Balaban J connectivity index is 1.61. The summed E-state index contributed by atoms with van der Waals surface area (Å²) in [4.78, 5) is 0. The molecule has 0 aliphatic heterocycles. The predicted molar refractivity (Wildman–Crippen MR) is 79.6 cm³/mol. The van der Waals surface area contributed by atoms with E-state index in [1.807, 2.05) is 0 Å². The Morgan fingerprint density at radius 1 is 1.16 bits per heavy atom. The first-order valence-corrected chi connectivity index (χ1v) is 7.72. The van der Waals surface area contributed by atoms with E-state index in [1.165, 1.54) is 31.4 Å². The van der Waals surface area contributed by atoms with Crippen LogP contribution in [0.1, 0.15) is 39.5 Å². The summed E-state index contributed by atoms with van der Waals surface area (Å²) in [5.41, 5.74) is 1.23. The summed E-state index contributed by atoms with van der Waals surface area (Å²) in [5.74, 6) is 3.41. The molecular formula is C17H25NO. The number of ether oxygens (including phenoxy) is 1. The summed E-state index contributed by atoms with van der Waals surface area (Å²) in [7, 11) is 0. The average molecular weight is 259 g/mol. The molecule has 0 bridgehead atoms. The molecule has 19 heavy (non-hydrogen) atoms. The highest BCUT2D eigenvalue weighted by Gasteiger charge is 2.41. The van der Waals surface area contributed by atoms with E-state index in [1.54, 1.807) is 0 Å². The lowest BCUT2D eigenvalue weighted by molar-refractivity contribution is 0.271. The van der Waals surface area contributed by atoms with Gasteiger partial charge in [0.2, 0.25) is 0 Å². The number of nitrogens with one attached hydrogen (secondary N) is 1. The standard InChI is InChI=1S/C17H25NO/c1-12(2)11-19-16-5-3-4-15(10-16)18-17(13-6-7-13)14-8-9-14/h3-5,10,12-14,17-18H,6-9,11H2,1-2H3. The molecule has 2 heteroatoms. The summed E-state index contributed by atoms with van der Waals surface area (Å²) in [6, 6.07) is 9.17. The monoisotopic (exact) mass is 259 g/mol. The van der Waals surface area contributed by atoms with Crippen molar-refractivity contribution in [2.45, 2.75) is 45.6 Å². The van der Waals surface area contributed by atoms with E-state index in [9.17, 15) is 0 Å². The molecule has 1 aromatic carbocycles. The van der Waals surface area contributed by atoms with Crippen LogP contribution in [0, 0.1) is 17.8 Å². The number of anilines is 1. The van der Waals surface area contributed by atoms with Crippen LogP contribution in [0.2, 0.25) is 0 Å². The minimum atomic E-state index is 0.572. The molecule has 104 valence electrons. The quantitative estimate of drug-likeness (QED) is 0.787. The van der Waals surface area contributed by atoms with Crippen molar-refractivity contribution in [3.63, 3.8) is 0 Å². The van der Waals surface area contributed by atoms with Crippen LogP contribution >= 0.6 is 0 Å². The Kier molecular flexibility index (Phi) is 3.67. The lowest BCUT2D eigenvalue weighted by atomic mass is 10.1. The molecule has 2 aliphatic carbocycles. The van der Waals surface area contributed by atoms with Crippen molar-refractivity contribution in [3.8, 4) is 5.75 Å². The molecule has 3 rings (SSSR count). The van der Waals surface area contributed by atoms with Crippen molar-refractivity contribution in [1.29, 1.82) is 0 Å². The first kappa shape index (κ1) is 12.8. The van der Waals surface area contributed by atoms with Crippen molar-refractivity contribution in [2.75, 3.05) is 11.9 Å². The minimum Gasteiger partial charge on any atom is -0.493 e. The molecule has 1 N–H and O–H groups in total. The van der Waals surface area contributed by atoms with Gasteiger partial charge in [-0.3, -0.25) is 0 Å². The highest BCUT2D eigenvalue weighted by Crippen LogP contribution is 2.46. The SMILES string of the molecule is CC(C)COc1cccc(NC(C2CC2)C2CC2)c1. The largest absolute Gasteiger partial charge is 0.493 e. The minimum absolute atomic E-state index is 0.572. The van der Waals surface area contributed by atoms with Gasteiger partial charge in [0.15, 0.2) is 0 Å². The van der Waals surface area contributed by atoms with Crippen LogP contribution in [-0.4, -0.2) is 12.6 Å². The highest BCUT2D eigenvalue weighted by atomic mass is 16.5. The van der Waals surface area contributed by atoms with Gasteiger partial charge >= 0.3 is 0 Å². The summed E-state index contributed by atoms with van der Waals surface area (Å²) >= 11 is 0. The number of rotatable bonds is 7. The lowest BCUT2D eigenvalue weighted by Gasteiger charge is -2.19. The van der Waals surface area contributed by atoms with Crippen LogP contribution in [0.4, 0.5) is 5.69 Å². The third-order valence-electron chi connectivity index (χ3n) is 4.01. The fraction of sp³-hybridized carbons (Fsp3) is 0.647. The van der Waals surface area contributed by atoms with Crippen LogP contribution in [0.3, 0.4) is 0 Å². The molecule has 0 saturated heterocycles. The molecule has 0 radical (unpaired) electrons. The Morgan fingerprint density at radius 3 is 2.42 bits per heavy atom. The van der Waals surface area contributed by atoms with Crippen molar-refractivity contribution < 1.29 is 4.74 Å². The van der Waals surface area contributed by atoms with Gasteiger partial charge in [-0.25, -0.2) is 0 Å². The third kappa shape index (κ3) is 3.65. The van der Waals surface area contributed by atoms with E-state index < -0.39 is 0 Å². The third-order valence-corrected chi connectivity index (χ3v) is 4.01.